The molecule has 0 saturated heterocycles. The van der Waals surface area contributed by atoms with Gasteiger partial charge in [-0.2, -0.15) is 0 Å². The molecule has 0 aromatic heterocycles. The van der Waals surface area contributed by atoms with Crippen LogP contribution in [0.25, 0.3) is 0 Å². The molecule has 11 heteroatoms. The second-order valence-electron chi connectivity index (χ2n) is 0.579. The van der Waals surface area contributed by atoms with Gasteiger partial charge < -0.3 is 0 Å². The largest absolute Gasteiger partial charge is 0.110 e. The van der Waals surface area contributed by atoms with Crippen molar-refractivity contribution >= 4 is 82.3 Å². The quantitative estimate of drug-likeness (QED) is 0.330. The van der Waals surface area contributed by atoms with Crippen LogP contribution in [0.3, 0.4) is 0 Å². The van der Waals surface area contributed by atoms with Crippen molar-refractivity contribution in [3.63, 3.8) is 0 Å². The SMILES string of the molecule is O=[CH][Rh].PPP.PPP.PPP. The summed E-state index contributed by atoms with van der Waals surface area (Å²) in [6, 6.07) is 0. The van der Waals surface area contributed by atoms with E-state index in [9.17, 15) is 0 Å². The van der Waals surface area contributed by atoms with E-state index in [0.29, 0.717) is 4.88 Å². The summed E-state index contributed by atoms with van der Waals surface area (Å²) in [6.45, 7) is 0. The summed E-state index contributed by atoms with van der Waals surface area (Å²) in [7, 11) is 18.2. The zero-order valence-corrected chi connectivity index (χ0v) is 17.8. The van der Waals surface area contributed by atoms with E-state index in [4.69, 9.17) is 4.79 Å². The van der Waals surface area contributed by atoms with Crippen molar-refractivity contribution in [3.8, 4) is 0 Å². The van der Waals surface area contributed by atoms with Crippen molar-refractivity contribution in [1.29, 1.82) is 0 Å². The Bertz CT molecular complexity index is 38.8. The normalized spacial score (nSPS) is 5.67. The van der Waals surface area contributed by atoms with Gasteiger partial charge in [-0.05, 0) is 0 Å². The number of hydrogen-bond acceptors (Lipinski definition) is 1. The molecule has 0 amide bonds. The van der Waals surface area contributed by atoms with E-state index < -0.39 is 0 Å². The topological polar surface area (TPSA) is 17.1 Å². The summed E-state index contributed by atoms with van der Waals surface area (Å²) < 4.78 is 0. The van der Waals surface area contributed by atoms with Crippen LogP contribution in [0.15, 0.2) is 0 Å². The molecule has 6 unspecified atom stereocenters. The van der Waals surface area contributed by atoms with Gasteiger partial charge in [0.1, 0.15) is 0 Å². The van der Waals surface area contributed by atoms with Gasteiger partial charge in [0, 0.05) is 0 Å². The van der Waals surface area contributed by atoms with Crippen molar-refractivity contribution in [3.05, 3.63) is 0 Å². The number of hydrogen-bond donors (Lipinski definition) is 0. The van der Waals surface area contributed by atoms with Crippen molar-refractivity contribution in [2.24, 2.45) is 0 Å². The fourth-order valence-corrected chi connectivity index (χ4v) is 0. The van der Waals surface area contributed by atoms with Crippen molar-refractivity contribution < 1.29 is 23.1 Å². The second-order valence-corrected chi connectivity index (χ2v) is 14.0. The van der Waals surface area contributed by atoms with Crippen molar-refractivity contribution in [1.82, 2.24) is 0 Å². The third kappa shape index (κ3) is 142. The van der Waals surface area contributed by atoms with Crippen molar-refractivity contribution in [2.45, 2.75) is 0 Å². The van der Waals surface area contributed by atoms with Crippen LogP contribution in [0, 0.1) is 0 Å². The molecule has 0 aliphatic heterocycles. The van der Waals surface area contributed by atoms with Gasteiger partial charge in [0.25, 0.3) is 0 Å². The van der Waals surface area contributed by atoms with Gasteiger partial charge in [-0.1, -0.05) is 23.9 Å². The van der Waals surface area contributed by atoms with E-state index >= 15 is 0 Å². The average Bonchev–Trinajstić information content (AvgIpc) is 1.92. The van der Waals surface area contributed by atoms with Gasteiger partial charge >= 0.3 is 28.0 Å². The Balaban J connectivity index is -0.0000000356. The standard InChI is InChI=1S/CHO.3H5P3.Rh/c1-2;3*1-3-2;/h1H;3*3H,1-2H2;. The molecule has 0 heterocycles. The van der Waals surface area contributed by atoms with Crippen LogP contribution in [0.4, 0.5) is 0 Å². The van der Waals surface area contributed by atoms with Crippen LogP contribution in [0.2, 0.25) is 0 Å². The number of carbonyl (C=O) groups excluding carboxylic acids is 1. The summed E-state index contributed by atoms with van der Waals surface area (Å²) in [4.78, 5) is 9.40. The zero-order valence-electron chi connectivity index (χ0n) is 6.28. The van der Waals surface area contributed by atoms with Crippen LogP contribution >= 0.6 is 77.4 Å². The molecule has 0 aromatic carbocycles. The molecule has 1 nitrogen and oxygen atoms in total. The molecule has 0 saturated carbocycles. The third-order valence-electron chi connectivity index (χ3n) is 0. The molecule has 0 aliphatic rings. The van der Waals surface area contributed by atoms with E-state index in [0.717, 1.165) is 23.9 Å². The summed E-state index contributed by atoms with van der Waals surface area (Å²) in [5.74, 6) is 0. The molecule has 0 aliphatic carbocycles. The number of rotatable bonds is 0. The molecule has 0 spiro atoms. The van der Waals surface area contributed by atoms with Crippen LogP contribution < -0.4 is 0 Å². The smallest absolute Gasteiger partial charge is 0.0833 e. The Labute approximate surface area is 105 Å². The fraction of sp³-hybridized carbons (Fsp3) is 0. The predicted molar refractivity (Wildman–Crippen MR) is 90.0 cm³/mol. The first-order chi connectivity index (χ1) is 5.66. The zero-order chi connectivity index (χ0) is 10.8. The van der Waals surface area contributed by atoms with Gasteiger partial charge in [-0.15, -0.1) is 53.6 Å². The van der Waals surface area contributed by atoms with Gasteiger partial charge in [0.2, 0.25) is 0 Å². The first-order valence-electron chi connectivity index (χ1n) is 2.16. The minimum atomic E-state index is 0.640. The van der Waals surface area contributed by atoms with Crippen LogP contribution in [-0.4, -0.2) is 4.88 Å². The van der Waals surface area contributed by atoms with Gasteiger partial charge in [0.05, 0.1) is 0 Å². The molecule has 0 radical (unpaired) electrons. The van der Waals surface area contributed by atoms with E-state index in [2.05, 4.69) is 53.6 Å². The summed E-state index contributed by atoms with van der Waals surface area (Å²) in [5, 5.41) is 0. The van der Waals surface area contributed by atoms with E-state index in [1.807, 2.05) is 18.3 Å². The summed E-state index contributed by atoms with van der Waals surface area (Å²) >= 11 is 2.04. The first kappa shape index (κ1) is 25.1. The minimum absolute atomic E-state index is 0.640. The second kappa shape index (κ2) is 45.6. The Kier molecular flexibility index (Phi) is 95.5. The maximum Gasteiger partial charge on any atom is -0.0833 e. The van der Waals surface area contributed by atoms with Gasteiger partial charge in [0.15, 0.2) is 0 Å². The molecular weight excluding hydrogens is 410 g/mol. The first-order valence-corrected chi connectivity index (χ1v) is 17.0. The Morgan fingerprint density at radius 1 is 0.833 bits per heavy atom. The molecule has 80 valence electrons. The molecule has 0 aromatic rings. The maximum atomic E-state index is 8.76. The Morgan fingerprint density at radius 2 is 0.833 bits per heavy atom. The van der Waals surface area contributed by atoms with Crippen LogP contribution in [0.1, 0.15) is 0 Å². The third-order valence-corrected chi connectivity index (χ3v) is 0. The average molecular weight is 426 g/mol. The van der Waals surface area contributed by atoms with Crippen LogP contribution in [-0.2, 0) is 23.1 Å². The predicted octanol–water partition coefficient (Wildman–Crippen LogP) is 3.46. The molecule has 6 atom stereocenters. The Hall–Kier alpha value is 4.16. The molecule has 0 N–H and O–H groups in total. The summed E-state index contributed by atoms with van der Waals surface area (Å²) in [6.07, 6.45) is 0. The minimum Gasteiger partial charge on any atom is -0.110 e. The molecule has 0 rings (SSSR count). The van der Waals surface area contributed by atoms with E-state index in [1.165, 1.54) is 0 Å². The fourth-order valence-electron chi connectivity index (χ4n) is 0. The molecule has 12 heavy (non-hydrogen) atoms. The number of carbonyl (C=O) groups is 1. The van der Waals surface area contributed by atoms with Crippen molar-refractivity contribution in [2.75, 3.05) is 0 Å². The van der Waals surface area contributed by atoms with Crippen LogP contribution in [0.5, 0.6) is 0 Å². The monoisotopic (exact) mass is 426 g/mol. The molecular formula is CH16OP9Rh. The van der Waals surface area contributed by atoms with Gasteiger partial charge in [-0.25, -0.2) is 0 Å². The van der Waals surface area contributed by atoms with Gasteiger partial charge in [-0.3, -0.25) is 0 Å². The molecule has 0 fully saturated rings. The van der Waals surface area contributed by atoms with E-state index in [1.54, 1.807) is 0 Å². The van der Waals surface area contributed by atoms with E-state index in [-0.39, 0.29) is 0 Å². The maximum absolute atomic E-state index is 8.76. The Morgan fingerprint density at radius 3 is 0.833 bits per heavy atom. The summed E-state index contributed by atoms with van der Waals surface area (Å²) in [5.41, 5.74) is 0. The molecule has 0 bridgehead atoms.